The highest BCUT2D eigenvalue weighted by atomic mass is 16.6. The van der Waals surface area contributed by atoms with Gasteiger partial charge in [0, 0.05) is 24.8 Å². The molecule has 0 aromatic carbocycles. The molecule has 1 aromatic rings. The van der Waals surface area contributed by atoms with Crippen LogP contribution < -0.4 is 10.2 Å². The number of anilines is 1. The van der Waals surface area contributed by atoms with E-state index in [1.165, 1.54) is 0 Å². The van der Waals surface area contributed by atoms with Gasteiger partial charge >= 0.3 is 12.1 Å². The van der Waals surface area contributed by atoms with Gasteiger partial charge in [-0.3, -0.25) is 0 Å². The van der Waals surface area contributed by atoms with E-state index in [2.05, 4.69) is 15.3 Å². The Morgan fingerprint density at radius 3 is 2.48 bits per heavy atom. The predicted octanol–water partition coefficient (Wildman–Crippen LogP) is 2.85. The maximum absolute atomic E-state index is 12.2. The predicted molar refractivity (Wildman–Crippen MR) is 102 cm³/mol. The van der Waals surface area contributed by atoms with Crippen LogP contribution in [0.25, 0.3) is 0 Å². The average Bonchev–Trinajstić information content (AvgIpc) is 2.53. The van der Waals surface area contributed by atoms with E-state index >= 15 is 0 Å². The Kier molecular flexibility index (Phi) is 6.28. The quantitative estimate of drug-likeness (QED) is 0.805. The Labute approximate surface area is 160 Å². The van der Waals surface area contributed by atoms with Crippen molar-refractivity contribution in [2.24, 2.45) is 0 Å². The number of nitrogens with one attached hydrogen (secondary N) is 1. The summed E-state index contributed by atoms with van der Waals surface area (Å²) in [7, 11) is 0. The molecule has 0 bridgehead atoms. The summed E-state index contributed by atoms with van der Waals surface area (Å²) in [6, 6.07) is 0. The Morgan fingerprint density at radius 1 is 1.30 bits per heavy atom. The van der Waals surface area contributed by atoms with E-state index in [-0.39, 0.29) is 17.8 Å². The van der Waals surface area contributed by atoms with Crippen LogP contribution in [0.4, 0.5) is 10.6 Å². The van der Waals surface area contributed by atoms with Crippen LogP contribution in [0.1, 0.15) is 63.6 Å². The molecule has 1 aliphatic heterocycles. The van der Waals surface area contributed by atoms with Crippen LogP contribution in [0.15, 0.2) is 6.20 Å². The number of esters is 1. The summed E-state index contributed by atoms with van der Waals surface area (Å²) in [5.41, 5.74) is 0.0527. The number of rotatable bonds is 4. The number of hydrogen-bond acceptors (Lipinski definition) is 7. The molecular formula is C19H30N4O4. The maximum Gasteiger partial charge on any atom is 0.408 e. The van der Waals surface area contributed by atoms with Crippen LogP contribution in [-0.2, 0) is 9.47 Å². The summed E-state index contributed by atoms with van der Waals surface area (Å²) in [4.78, 5) is 35.1. The first-order chi connectivity index (χ1) is 12.5. The molecule has 0 saturated carbocycles. The highest BCUT2D eigenvalue weighted by Gasteiger charge is 2.35. The first-order valence-electron chi connectivity index (χ1n) is 9.30. The monoisotopic (exact) mass is 378 g/mol. The van der Waals surface area contributed by atoms with Crippen molar-refractivity contribution in [2.75, 3.05) is 24.6 Å². The zero-order valence-corrected chi connectivity index (χ0v) is 17.1. The second-order valence-corrected chi connectivity index (χ2v) is 8.08. The lowest BCUT2D eigenvalue weighted by molar-refractivity contribution is 0.0447. The average molecular weight is 378 g/mol. The van der Waals surface area contributed by atoms with Gasteiger partial charge in [-0.1, -0.05) is 0 Å². The first-order valence-corrected chi connectivity index (χ1v) is 9.30. The number of piperidine rings is 1. The molecule has 0 unspecified atom stereocenters. The van der Waals surface area contributed by atoms with Crippen molar-refractivity contribution in [3.8, 4) is 0 Å². The summed E-state index contributed by atoms with van der Waals surface area (Å²) in [6.07, 6.45) is 2.54. The number of amides is 1. The maximum atomic E-state index is 12.2. The lowest BCUT2D eigenvalue weighted by Gasteiger charge is -2.40. The smallest absolute Gasteiger partial charge is 0.408 e. The minimum absolute atomic E-state index is 0.228. The Balaban J connectivity index is 2.08. The molecule has 27 heavy (non-hydrogen) atoms. The SMILES string of the molecule is CCOC(=O)c1ncc(C)nc1N1CCC(C)(NC(=O)OC(C)(C)C)CC1. The largest absolute Gasteiger partial charge is 0.461 e. The highest BCUT2D eigenvalue weighted by Crippen LogP contribution is 2.27. The van der Waals surface area contributed by atoms with Gasteiger partial charge in [0.2, 0.25) is 0 Å². The second kappa shape index (κ2) is 8.10. The van der Waals surface area contributed by atoms with Crippen LogP contribution in [0.5, 0.6) is 0 Å². The fraction of sp³-hybridized carbons (Fsp3) is 0.684. The molecule has 0 atom stereocenters. The van der Waals surface area contributed by atoms with Gasteiger partial charge in [0.1, 0.15) is 5.60 Å². The van der Waals surface area contributed by atoms with Crippen LogP contribution in [0.3, 0.4) is 0 Å². The Hall–Kier alpha value is -2.38. The van der Waals surface area contributed by atoms with Gasteiger partial charge in [-0.15, -0.1) is 0 Å². The highest BCUT2D eigenvalue weighted by molar-refractivity contribution is 5.92. The molecule has 1 saturated heterocycles. The van der Waals surface area contributed by atoms with E-state index in [0.717, 1.165) is 5.69 Å². The number of alkyl carbamates (subject to hydrolysis) is 1. The number of hydrogen-bond donors (Lipinski definition) is 1. The molecule has 8 heteroatoms. The van der Waals surface area contributed by atoms with Crippen molar-refractivity contribution in [3.63, 3.8) is 0 Å². The topological polar surface area (TPSA) is 93.6 Å². The molecule has 2 rings (SSSR count). The van der Waals surface area contributed by atoms with Gasteiger partial charge in [-0.05, 0) is 54.4 Å². The van der Waals surface area contributed by atoms with Gasteiger partial charge in [-0.2, -0.15) is 0 Å². The number of carbonyl (C=O) groups is 2. The number of carbonyl (C=O) groups excluding carboxylic acids is 2. The van der Waals surface area contributed by atoms with E-state index in [9.17, 15) is 9.59 Å². The van der Waals surface area contributed by atoms with Crippen molar-refractivity contribution >= 4 is 17.9 Å². The van der Waals surface area contributed by atoms with Gasteiger partial charge in [0.15, 0.2) is 11.5 Å². The van der Waals surface area contributed by atoms with Crippen molar-refractivity contribution in [2.45, 2.75) is 65.5 Å². The molecule has 0 spiro atoms. The molecule has 1 aliphatic rings. The van der Waals surface area contributed by atoms with Gasteiger partial charge in [0.05, 0.1) is 12.3 Å². The van der Waals surface area contributed by atoms with Crippen molar-refractivity contribution in [3.05, 3.63) is 17.6 Å². The zero-order valence-electron chi connectivity index (χ0n) is 17.1. The van der Waals surface area contributed by atoms with Crippen LogP contribution in [0, 0.1) is 6.92 Å². The van der Waals surface area contributed by atoms with Gasteiger partial charge in [0.25, 0.3) is 0 Å². The lowest BCUT2D eigenvalue weighted by atomic mass is 9.89. The third-order valence-electron chi connectivity index (χ3n) is 4.31. The molecular weight excluding hydrogens is 348 g/mol. The first kappa shape index (κ1) is 20.9. The zero-order chi connectivity index (χ0) is 20.2. The number of aryl methyl sites for hydroxylation is 1. The van der Waals surface area contributed by atoms with Crippen LogP contribution >= 0.6 is 0 Å². The van der Waals surface area contributed by atoms with Crippen LogP contribution in [0.2, 0.25) is 0 Å². The second-order valence-electron chi connectivity index (χ2n) is 8.08. The Bertz CT molecular complexity index is 691. The fourth-order valence-electron chi connectivity index (χ4n) is 2.92. The molecule has 8 nitrogen and oxygen atoms in total. The molecule has 2 heterocycles. The summed E-state index contributed by atoms with van der Waals surface area (Å²) in [5, 5.41) is 2.98. The van der Waals surface area contributed by atoms with E-state index in [0.29, 0.717) is 31.7 Å². The van der Waals surface area contributed by atoms with Gasteiger partial charge < -0.3 is 19.7 Å². The standard InChI is InChI=1S/C19H30N4O4/c1-7-26-16(24)14-15(21-13(2)12-20-14)23-10-8-19(6,9-11-23)22-17(25)27-18(3,4)5/h12H,7-11H2,1-6H3,(H,22,25). The van der Waals surface area contributed by atoms with Crippen molar-refractivity contribution in [1.82, 2.24) is 15.3 Å². The van der Waals surface area contributed by atoms with E-state index in [1.54, 1.807) is 13.1 Å². The molecule has 1 aromatic heterocycles. The molecule has 0 aliphatic carbocycles. The van der Waals surface area contributed by atoms with Crippen LogP contribution in [-0.4, -0.2) is 52.9 Å². The Morgan fingerprint density at radius 2 is 1.93 bits per heavy atom. The molecule has 1 N–H and O–H groups in total. The van der Waals surface area contributed by atoms with E-state index < -0.39 is 17.7 Å². The van der Waals surface area contributed by atoms with Crippen molar-refractivity contribution in [1.29, 1.82) is 0 Å². The van der Waals surface area contributed by atoms with Gasteiger partial charge in [-0.25, -0.2) is 19.6 Å². The van der Waals surface area contributed by atoms with E-state index in [1.807, 2.05) is 39.5 Å². The molecule has 1 amide bonds. The minimum Gasteiger partial charge on any atom is -0.461 e. The third kappa shape index (κ3) is 5.80. The lowest BCUT2D eigenvalue weighted by Crippen LogP contribution is -2.54. The summed E-state index contributed by atoms with van der Waals surface area (Å²) < 4.78 is 10.5. The molecule has 150 valence electrons. The minimum atomic E-state index is -0.535. The normalized spacial score (nSPS) is 16.6. The number of ether oxygens (including phenoxy) is 2. The number of nitrogens with zero attached hydrogens (tertiary/aromatic N) is 3. The third-order valence-corrected chi connectivity index (χ3v) is 4.31. The molecule has 1 fully saturated rings. The summed E-state index contributed by atoms with van der Waals surface area (Å²) in [5.74, 6) is 0.0629. The molecule has 0 radical (unpaired) electrons. The van der Waals surface area contributed by atoms with E-state index in [4.69, 9.17) is 9.47 Å². The summed E-state index contributed by atoms with van der Waals surface area (Å²) >= 11 is 0. The summed E-state index contributed by atoms with van der Waals surface area (Å²) in [6.45, 7) is 12.7. The number of aromatic nitrogens is 2. The fourth-order valence-corrected chi connectivity index (χ4v) is 2.92. The van der Waals surface area contributed by atoms with Crippen molar-refractivity contribution < 1.29 is 19.1 Å².